The lowest BCUT2D eigenvalue weighted by Gasteiger charge is -2.29. The largest absolute Gasteiger partial charge is 0.496 e. The Morgan fingerprint density at radius 2 is 0.759 bits per heavy atom. The quantitative estimate of drug-likeness (QED) is 0.165. The number of carbonyl (C=O) groups is 4. The highest BCUT2D eigenvalue weighted by molar-refractivity contribution is 6.37. The number of fused-ring (bicyclic) bond motifs is 4. The van der Waals surface area contributed by atoms with Crippen molar-refractivity contribution in [2.24, 2.45) is 0 Å². The zero-order valence-electron chi connectivity index (χ0n) is 31.6. The number of carbonyl (C=O) groups excluding carboxylic acids is 4. The van der Waals surface area contributed by atoms with Crippen LogP contribution in [0.2, 0.25) is 0 Å². The summed E-state index contributed by atoms with van der Waals surface area (Å²) >= 11 is 0. The molecule has 0 fully saturated rings. The SMILES string of the molecule is COc1c(C(C)(C)C)cc2cc3c(cc2c1-c1c(OC)c(C(C)(C)C)cc2cc4c(cc12)C(=O)N(c1ccccc1)C4=O)C(=O)N(c1ccccc1)C3=O. The maximum atomic E-state index is 14.1. The number of anilines is 2. The minimum atomic E-state index is -0.423. The van der Waals surface area contributed by atoms with E-state index in [1.54, 1.807) is 87.0 Å². The molecule has 6 aromatic rings. The highest BCUT2D eigenvalue weighted by Crippen LogP contribution is 2.53. The van der Waals surface area contributed by atoms with Gasteiger partial charge in [0.25, 0.3) is 23.6 Å². The van der Waals surface area contributed by atoms with Crippen LogP contribution in [0.3, 0.4) is 0 Å². The van der Waals surface area contributed by atoms with Gasteiger partial charge < -0.3 is 9.47 Å². The van der Waals surface area contributed by atoms with E-state index in [2.05, 4.69) is 41.5 Å². The van der Waals surface area contributed by atoms with Crippen LogP contribution in [0.15, 0.2) is 97.1 Å². The predicted octanol–water partition coefficient (Wildman–Crippen LogP) is 9.87. The van der Waals surface area contributed by atoms with E-state index in [4.69, 9.17) is 9.47 Å². The molecule has 270 valence electrons. The van der Waals surface area contributed by atoms with Crippen LogP contribution in [0, 0.1) is 0 Å². The lowest BCUT2D eigenvalue weighted by molar-refractivity contribution is 0.0910. The first-order valence-electron chi connectivity index (χ1n) is 17.9. The molecule has 2 aliphatic rings. The zero-order valence-corrected chi connectivity index (χ0v) is 31.6. The van der Waals surface area contributed by atoms with Crippen molar-refractivity contribution in [1.82, 2.24) is 0 Å². The summed E-state index contributed by atoms with van der Waals surface area (Å²) in [6.07, 6.45) is 0. The van der Waals surface area contributed by atoms with Crippen LogP contribution >= 0.6 is 0 Å². The molecule has 0 radical (unpaired) electrons. The summed E-state index contributed by atoms with van der Waals surface area (Å²) < 4.78 is 12.7. The van der Waals surface area contributed by atoms with E-state index < -0.39 is 34.5 Å². The lowest BCUT2D eigenvalue weighted by atomic mass is 9.78. The van der Waals surface area contributed by atoms with Gasteiger partial charge in [0.2, 0.25) is 0 Å². The first-order valence-corrected chi connectivity index (χ1v) is 17.9. The summed E-state index contributed by atoms with van der Waals surface area (Å²) in [7, 11) is 3.25. The number of imide groups is 2. The number of hydrogen-bond donors (Lipinski definition) is 0. The van der Waals surface area contributed by atoms with Gasteiger partial charge in [-0.2, -0.15) is 0 Å². The highest BCUT2D eigenvalue weighted by atomic mass is 16.5. The first-order chi connectivity index (χ1) is 25.6. The van der Waals surface area contributed by atoms with Crippen molar-refractivity contribution in [1.29, 1.82) is 0 Å². The Balaban J connectivity index is 1.50. The average molecular weight is 717 g/mol. The average Bonchev–Trinajstić information content (AvgIpc) is 3.53. The Bertz CT molecular complexity index is 2430. The van der Waals surface area contributed by atoms with Crippen molar-refractivity contribution >= 4 is 56.5 Å². The van der Waals surface area contributed by atoms with Gasteiger partial charge >= 0.3 is 0 Å². The van der Waals surface area contributed by atoms with Gasteiger partial charge in [0, 0.05) is 22.3 Å². The third-order valence-electron chi connectivity index (χ3n) is 10.5. The van der Waals surface area contributed by atoms with Crippen molar-refractivity contribution in [2.75, 3.05) is 24.0 Å². The molecule has 0 saturated carbocycles. The standard InChI is InChI=1S/C46H40N2O6/c1-45(2,3)35-21-25-19-31-33(43(51)47(41(31)49)27-15-11-9-12-16-27)23-29(25)37(39(35)53-7)38-30-24-34-32(20-26(30)22-36(40(38)54-8)46(4,5)6)42(50)48(44(34)52)28-17-13-10-14-18-28/h9-24H,1-8H3. The maximum absolute atomic E-state index is 14.1. The van der Waals surface area contributed by atoms with Gasteiger partial charge in [0.15, 0.2) is 0 Å². The third-order valence-corrected chi connectivity index (χ3v) is 10.5. The van der Waals surface area contributed by atoms with Crippen LogP contribution in [-0.2, 0) is 10.8 Å². The monoisotopic (exact) mass is 716 g/mol. The normalized spacial score (nSPS) is 14.4. The fourth-order valence-electron chi connectivity index (χ4n) is 7.89. The molecule has 0 N–H and O–H groups in total. The van der Waals surface area contributed by atoms with Gasteiger partial charge in [0.05, 0.1) is 47.8 Å². The molecular formula is C46H40N2O6. The fourth-order valence-corrected chi connectivity index (χ4v) is 7.89. The molecular weight excluding hydrogens is 677 g/mol. The smallest absolute Gasteiger partial charge is 0.266 e. The Hall–Kier alpha value is -6.28. The van der Waals surface area contributed by atoms with E-state index in [9.17, 15) is 19.2 Å². The second kappa shape index (κ2) is 12.1. The van der Waals surface area contributed by atoms with Crippen LogP contribution < -0.4 is 19.3 Å². The van der Waals surface area contributed by atoms with Gasteiger partial charge in [-0.15, -0.1) is 0 Å². The van der Waals surface area contributed by atoms with Crippen molar-refractivity contribution in [2.45, 2.75) is 52.4 Å². The number of methoxy groups -OCH3 is 2. The maximum Gasteiger partial charge on any atom is 0.266 e. The molecule has 0 bridgehead atoms. The molecule has 4 amide bonds. The van der Waals surface area contributed by atoms with Crippen LogP contribution in [-0.4, -0.2) is 37.8 Å². The van der Waals surface area contributed by atoms with Crippen molar-refractivity contribution < 1.29 is 28.7 Å². The molecule has 0 atom stereocenters. The summed E-state index contributed by atoms with van der Waals surface area (Å²) in [5, 5.41) is 2.83. The summed E-state index contributed by atoms with van der Waals surface area (Å²) in [6, 6.07) is 29.0. The molecule has 2 heterocycles. The molecule has 6 aromatic carbocycles. The topological polar surface area (TPSA) is 93.2 Å². The Morgan fingerprint density at radius 1 is 0.444 bits per heavy atom. The molecule has 0 saturated heterocycles. The van der Waals surface area contributed by atoms with E-state index >= 15 is 0 Å². The fraction of sp³-hybridized carbons (Fsp3) is 0.217. The molecule has 8 heteroatoms. The molecule has 0 aromatic heterocycles. The molecule has 0 spiro atoms. The van der Waals surface area contributed by atoms with E-state index in [0.29, 0.717) is 55.9 Å². The van der Waals surface area contributed by atoms with Crippen molar-refractivity contribution in [3.8, 4) is 22.6 Å². The number of rotatable bonds is 5. The number of ether oxygens (including phenoxy) is 2. The molecule has 8 nitrogen and oxygen atoms in total. The number of para-hydroxylation sites is 2. The van der Waals surface area contributed by atoms with Crippen LogP contribution in [0.1, 0.15) is 94.1 Å². The van der Waals surface area contributed by atoms with E-state index in [-0.39, 0.29) is 11.1 Å². The molecule has 8 rings (SSSR count). The second-order valence-corrected chi connectivity index (χ2v) is 16.0. The van der Waals surface area contributed by atoms with Crippen molar-refractivity contribution in [3.63, 3.8) is 0 Å². The van der Waals surface area contributed by atoms with Gasteiger partial charge in [-0.3, -0.25) is 19.2 Å². The van der Waals surface area contributed by atoms with Crippen LogP contribution in [0.5, 0.6) is 11.5 Å². The molecule has 0 aliphatic carbocycles. The Morgan fingerprint density at radius 3 is 1.06 bits per heavy atom. The van der Waals surface area contributed by atoms with Crippen molar-refractivity contribution in [3.05, 3.63) is 130 Å². The van der Waals surface area contributed by atoms with Crippen LogP contribution in [0.4, 0.5) is 11.4 Å². The third kappa shape index (κ3) is 5.11. The number of hydrogen-bond acceptors (Lipinski definition) is 6. The minimum Gasteiger partial charge on any atom is -0.496 e. The Kier molecular flexibility index (Phi) is 7.82. The predicted molar refractivity (Wildman–Crippen MR) is 213 cm³/mol. The van der Waals surface area contributed by atoms with Gasteiger partial charge in [-0.1, -0.05) is 77.9 Å². The first kappa shape index (κ1) is 34.8. The highest BCUT2D eigenvalue weighted by Gasteiger charge is 2.40. The summed E-state index contributed by atoms with van der Waals surface area (Å²) in [6.45, 7) is 12.6. The van der Waals surface area contributed by atoms with Gasteiger partial charge in [0.1, 0.15) is 11.5 Å². The second-order valence-electron chi connectivity index (χ2n) is 16.0. The van der Waals surface area contributed by atoms with Gasteiger partial charge in [-0.25, -0.2) is 9.80 Å². The lowest BCUT2D eigenvalue weighted by Crippen LogP contribution is -2.29. The molecule has 54 heavy (non-hydrogen) atoms. The number of nitrogens with zero attached hydrogens (tertiary/aromatic N) is 2. The molecule has 2 aliphatic heterocycles. The minimum absolute atomic E-state index is 0.276. The van der Waals surface area contributed by atoms with E-state index in [1.165, 1.54) is 9.80 Å². The Labute approximate surface area is 313 Å². The summed E-state index contributed by atoms with van der Waals surface area (Å²) in [5.41, 5.74) is 4.39. The van der Waals surface area contributed by atoms with E-state index in [0.717, 1.165) is 21.9 Å². The molecule has 0 unspecified atom stereocenters. The zero-order chi connectivity index (χ0) is 38.4. The number of benzene rings is 6. The van der Waals surface area contributed by atoms with Gasteiger partial charge in [-0.05, 0) is 93.0 Å². The number of amides is 4. The summed E-state index contributed by atoms with van der Waals surface area (Å²) in [4.78, 5) is 58.5. The van der Waals surface area contributed by atoms with Crippen LogP contribution in [0.25, 0.3) is 32.7 Å². The van der Waals surface area contributed by atoms with E-state index in [1.807, 2.05) is 24.3 Å². The summed E-state index contributed by atoms with van der Waals surface area (Å²) in [5.74, 6) is -0.473.